The summed E-state index contributed by atoms with van der Waals surface area (Å²) >= 11 is 0. The van der Waals surface area contributed by atoms with E-state index in [1.807, 2.05) is 35.6 Å². The Bertz CT molecular complexity index is 1050. The topological polar surface area (TPSA) is 214 Å². The summed E-state index contributed by atoms with van der Waals surface area (Å²) in [6, 6.07) is 7.67. The summed E-state index contributed by atoms with van der Waals surface area (Å²) < 4.78 is 39.5. The molecule has 1 aromatic carbocycles. The third-order valence-corrected chi connectivity index (χ3v) is 7.35. The second-order valence-electron chi connectivity index (χ2n) is 10.3. The molecule has 0 saturated carbocycles. The largest absolute Gasteiger partial charge is 0.459 e. The molecule has 2 saturated heterocycles. The van der Waals surface area contributed by atoms with E-state index < -0.39 is 66.7 Å². The Kier molecular flexibility index (Phi) is 11.1. The van der Waals surface area contributed by atoms with Crippen molar-refractivity contribution in [3.05, 3.63) is 35.9 Å². The highest BCUT2D eigenvalue weighted by Crippen LogP contribution is 2.40. The molecule has 3 rings (SSSR count). The van der Waals surface area contributed by atoms with E-state index in [0.717, 1.165) is 5.56 Å². The number of nitrogens with one attached hydrogen (secondary N) is 1. The Morgan fingerprint density at radius 2 is 1.85 bits per heavy atom. The van der Waals surface area contributed by atoms with Crippen molar-refractivity contribution in [1.82, 2.24) is 10.2 Å². The van der Waals surface area contributed by atoms with Gasteiger partial charge in [-0.15, -0.1) is 0 Å². The Hall–Kier alpha value is -2.79. The number of aliphatic hydroxyl groups excluding tert-OH is 4. The van der Waals surface area contributed by atoms with Crippen LogP contribution in [0.15, 0.2) is 30.3 Å². The van der Waals surface area contributed by atoms with Gasteiger partial charge >= 0.3 is 11.9 Å². The van der Waals surface area contributed by atoms with E-state index in [4.69, 9.17) is 4.74 Å². The standard InChI is InChI=1S/C26H37F2N3O10/c27-25(28,26(39)21(35)20(34)19(33)18(13-32)41-26)24(38)30-11-5-4-9-16(29)22(36)31-12-6-10-17(31)23(37)40-14-15-7-2-1-3-8-15/h1-3,7-8,16-21,32-35,39H,4-6,9-14,29H2,(H,30,38)/p+1/t16-,17+,18+,19-,20-,21+,26+/m0/s1. The van der Waals surface area contributed by atoms with Crippen LogP contribution in [-0.4, -0.2) is 116 Å². The van der Waals surface area contributed by atoms with Crippen LogP contribution in [0.25, 0.3) is 0 Å². The van der Waals surface area contributed by atoms with Gasteiger partial charge in [-0.2, -0.15) is 8.78 Å². The zero-order chi connectivity index (χ0) is 30.4. The number of ether oxygens (including phenoxy) is 2. The Labute approximate surface area is 234 Å². The zero-order valence-corrected chi connectivity index (χ0v) is 22.4. The normalized spacial score (nSPS) is 29.2. The fourth-order valence-electron chi connectivity index (χ4n) is 4.86. The Balaban J connectivity index is 1.44. The van der Waals surface area contributed by atoms with Crippen molar-refractivity contribution < 1.29 is 63.9 Å². The maximum atomic E-state index is 14.8. The van der Waals surface area contributed by atoms with E-state index in [2.05, 4.69) is 10.5 Å². The molecule has 15 heteroatoms. The van der Waals surface area contributed by atoms with Gasteiger partial charge in [0.15, 0.2) is 6.04 Å². The first kappa shape index (κ1) is 32.7. The highest BCUT2D eigenvalue weighted by Gasteiger charge is 2.69. The number of halogens is 2. The molecule has 0 bridgehead atoms. The Morgan fingerprint density at radius 1 is 1.17 bits per heavy atom. The van der Waals surface area contributed by atoms with Crippen molar-refractivity contribution in [3.8, 4) is 0 Å². The molecule has 2 aliphatic heterocycles. The number of quaternary nitrogens is 1. The molecule has 1 aromatic rings. The summed E-state index contributed by atoms with van der Waals surface area (Å²) in [6.45, 7) is -0.915. The molecule has 0 unspecified atom stereocenters. The van der Waals surface area contributed by atoms with Gasteiger partial charge in [0, 0.05) is 19.5 Å². The molecule has 0 aliphatic carbocycles. The zero-order valence-electron chi connectivity index (χ0n) is 22.4. The van der Waals surface area contributed by atoms with Crippen LogP contribution in [0.5, 0.6) is 0 Å². The minimum atomic E-state index is -4.77. The van der Waals surface area contributed by atoms with E-state index in [1.54, 1.807) is 0 Å². The number of rotatable bonds is 12. The van der Waals surface area contributed by atoms with E-state index >= 15 is 0 Å². The molecule has 2 aliphatic rings. The van der Waals surface area contributed by atoms with Crippen LogP contribution >= 0.6 is 0 Å². The number of carbonyl (C=O) groups is 3. The van der Waals surface area contributed by atoms with Crippen LogP contribution in [0.3, 0.4) is 0 Å². The molecule has 13 nitrogen and oxygen atoms in total. The first-order chi connectivity index (χ1) is 19.3. The second-order valence-corrected chi connectivity index (χ2v) is 10.3. The van der Waals surface area contributed by atoms with Crippen molar-refractivity contribution in [2.24, 2.45) is 0 Å². The lowest BCUT2D eigenvalue weighted by atomic mass is 9.88. The average Bonchev–Trinajstić information content (AvgIpc) is 3.46. The van der Waals surface area contributed by atoms with Crippen LogP contribution in [0, 0.1) is 0 Å². The van der Waals surface area contributed by atoms with E-state index in [9.17, 15) is 48.7 Å². The summed E-state index contributed by atoms with van der Waals surface area (Å²) in [5, 5.41) is 50.8. The molecule has 2 amide bonds. The molecule has 0 aromatic heterocycles. The van der Waals surface area contributed by atoms with Crippen LogP contribution in [0.1, 0.15) is 37.7 Å². The number of likely N-dealkylation sites (tertiary alicyclic amines) is 1. The fraction of sp³-hybridized carbons (Fsp3) is 0.654. The van der Waals surface area contributed by atoms with E-state index in [-0.39, 0.29) is 31.9 Å². The molecule has 2 heterocycles. The van der Waals surface area contributed by atoms with Crippen LogP contribution in [-0.2, 0) is 30.5 Å². The number of carbonyl (C=O) groups excluding carboxylic acids is 3. The van der Waals surface area contributed by atoms with Crippen molar-refractivity contribution in [3.63, 3.8) is 0 Å². The van der Waals surface area contributed by atoms with Gasteiger partial charge in [0.25, 0.3) is 17.6 Å². The second kappa shape index (κ2) is 13.9. The van der Waals surface area contributed by atoms with Crippen LogP contribution in [0.2, 0.25) is 0 Å². The maximum absolute atomic E-state index is 14.8. The molecular weight excluding hydrogens is 552 g/mol. The Morgan fingerprint density at radius 3 is 2.51 bits per heavy atom. The number of nitrogens with zero attached hydrogens (tertiary/aromatic N) is 1. The van der Waals surface area contributed by atoms with Gasteiger partial charge in [-0.1, -0.05) is 30.3 Å². The fourth-order valence-corrected chi connectivity index (χ4v) is 4.86. The maximum Gasteiger partial charge on any atom is 0.379 e. The molecule has 41 heavy (non-hydrogen) atoms. The van der Waals surface area contributed by atoms with Gasteiger partial charge in [-0.25, -0.2) is 4.79 Å². The van der Waals surface area contributed by atoms with Gasteiger partial charge < -0.3 is 51.0 Å². The number of unbranched alkanes of at least 4 members (excludes halogenated alkanes) is 1. The third kappa shape index (κ3) is 7.17. The highest BCUT2D eigenvalue weighted by atomic mass is 19.3. The van der Waals surface area contributed by atoms with Gasteiger partial charge in [-0.05, 0) is 31.2 Å². The van der Waals surface area contributed by atoms with Gasteiger partial charge in [0.1, 0.15) is 37.1 Å². The highest BCUT2D eigenvalue weighted by molar-refractivity contribution is 5.87. The van der Waals surface area contributed by atoms with Crippen molar-refractivity contribution >= 4 is 17.8 Å². The molecule has 230 valence electrons. The molecule has 2 fully saturated rings. The van der Waals surface area contributed by atoms with Gasteiger partial charge in [0.05, 0.1) is 6.61 Å². The lowest BCUT2D eigenvalue weighted by Gasteiger charge is -2.47. The van der Waals surface area contributed by atoms with Gasteiger partial charge in [0.2, 0.25) is 0 Å². The third-order valence-electron chi connectivity index (χ3n) is 7.35. The first-order valence-corrected chi connectivity index (χ1v) is 13.4. The predicted octanol–water partition coefficient (Wildman–Crippen LogP) is -2.58. The summed E-state index contributed by atoms with van der Waals surface area (Å²) in [5.74, 6) is -11.6. The van der Waals surface area contributed by atoms with Crippen molar-refractivity contribution in [2.45, 2.75) is 86.9 Å². The molecule has 0 spiro atoms. The monoisotopic (exact) mass is 590 g/mol. The van der Waals surface area contributed by atoms with E-state index in [0.29, 0.717) is 25.8 Å². The van der Waals surface area contributed by atoms with Crippen LogP contribution in [0.4, 0.5) is 8.78 Å². The number of esters is 1. The predicted molar refractivity (Wildman–Crippen MR) is 134 cm³/mol. The SMILES string of the molecule is [NH3+][C@@H](CCCCNC(=O)C(F)(F)[C@]1(O)O[C@H](CO)[C@H](O)[C@H](O)[C@H]1O)C(=O)N1CCC[C@@H]1C(=O)OCc1ccccc1. The average molecular weight is 591 g/mol. The number of aliphatic hydroxyl groups is 5. The lowest BCUT2D eigenvalue weighted by molar-refractivity contribution is -0.407. The van der Waals surface area contributed by atoms with E-state index in [1.165, 1.54) is 4.90 Å². The van der Waals surface area contributed by atoms with Crippen molar-refractivity contribution in [2.75, 3.05) is 19.7 Å². The summed E-state index contributed by atoms with van der Waals surface area (Å²) in [7, 11) is 0. The summed E-state index contributed by atoms with van der Waals surface area (Å²) in [5.41, 5.74) is 4.67. The molecule has 0 radical (unpaired) electrons. The van der Waals surface area contributed by atoms with Crippen LogP contribution < -0.4 is 11.1 Å². The summed E-state index contributed by atoms with van der Waals surface area (Å²) in [6.07, 6.45) is -7.18. The lowest BCUT2D eigenvalue weighted by Crippen LogP contribution is -2.73. The quantitative estimate of drug-likeness (QED) is 0.0997. The number of hydrogen-bond acceptors (Lipinski definition) is 10. The number of amides is 2. The minimum absolute atomic E-state index is 0.0871. The molecular formula is C26H38F2N3O10+. The number of hydrogen-bond donors (Lipinski definition) is 7. The smallest absolute Gasteiger partial charge is 0.379 e. The summed E-state index contributed by atoms with van der Waals surface area (Å²) in [4.78, 5) is 39.2. The van der Waals surface area contributed by atoms with Crippen molar-refractivity contribution in [1.29, 1.82) is 0 Å². The minimum Gasteiger partial charge on any atom is -0.459 e. The van der Waals surface area contributed by atoms with Gasteiger partial charge in [-0.3, -0.25) is 9.59 Å². The molecule has 7 atom stereocenters. The first-order valence-electron chi connectivity index (χ1n) is 13.4. The number of benzene rings is 1. The number of alkyl halides is 2. The molecule has 9 N–H and O–H groups in total.